The SMILES string of the molecule is Cc1ccc(C(=O)N2CCCC(C(=O)O)C2)c(F)c1. The number of aryl methyl sites for hydroxylation is 1. The van der Waals surface area contributed by atoms with Crippen LogP contribution in [0.5, 0.6) is 0 Å². The number of carboxylic acid groups (broad SMARTS) is 1. The van der Waals surface area contributed by atoms with Crippen LogP contribution in [-0.4, -0.2) is 35.0 Å². The summed E-state index contributed by atoms with van der Waals surface area (Å²) in [6.45, 7) is 2.39. The fraction of sp³-hybridized carbons (Fsp3) is 0.429. The summed E-state index contributed by atoms with van der Waals surface area (Å²) in [4.78, 5) is 24.6. The smallest absolute Gasteiger partial charge is 0.308 e. The molecule has 0 bridgehead atoms. The summed E-state index contributed by atoms with van der Waals surface area (Å²) in [6.07, 6.45) is 1.20. The normalized spacial score (nSPS) is 19.3. The van der Waals surface area contributed by atoms with E-state index >= 15 is 0 Å². The Morgan fingerprint density at radius 3 is 2.79 bits per heavy atom. The second-order valence-electron chi connectivity index (χ2n) is 4.91. The van der Waals surface area contributed by atoms with E-state index in [9.17, 15) is 14.0 Å². The molecule has 2 rings (SSSR count). The van der Waals surface area contributed by atoms with Crippen LogP contribution in [0.15, 0.2) is 18.2 Å². The molecule has 1 heterocycles. The number of benzene rings is 1. The lowest BCUT2D eigenvalue weighted by atomic mass is 9.97. The Balaban J connectivity index is 2.17. The van der Waals surface area contributed by atoms with Crippen LogP contribution in [0, 0.1) is 18.7 Å². The Morgan fingerprint density at radius 1 is 1.42 bits per heavy atom. The van der Waals surface area contributed by atoms with Gasteiger partial charge in [0, 0.05) is 13.1 Å². The maximum absolute atomic E-state index is 13.7. The molecule has 0 spiro atoms. The highest BCUT2D eigenvalue weighted by molar-refractivity contribution is 5.94. The van der Waals surface area contributed by atoms with Gasteiger partial charge in [-0.05, 0) is 37.5 Å². The zero-order valence-electron chi connectivity index (χ0n) is 10.7. The first-order valence-electron chi connectivity index (χ1n) is 6.27. The van der Waals surface area contributed by atoms with E-state index in [-0.39, 0.29) is 12.1 Å². The van der Waals surface area contributed by atoms with Crippen molar-refractivity contribution in [1.82, 2.24) is 4.90 Å². The zero-order valence-corrected chi connectivity index (χ0v) is 10.7. The minimum atomic E-state index is -0.901. The van der Waals surface area contributed by atoms with E-state index in [4.69, 9.17) is 5.11 Å². The first-order valence-corrected chi connectivity index (χ1v) is 6.27. The topological polar surface area (TPSA) is 57.6 Å². The third kappa shape index (κ3) is 2.92. The second-order valence-corrected chi connectivity index (χ2v) is 4.91. The van der Waals surface area contributed by atoms with Crippen molar-refractivity contribution in [3.63, 3.8) is 0 Å². The number of likely N-dealkylation sites (tertiary alicyclic amines) is 1. The third-order valence-electron chi connectivity index (χ3n) is 3.41. The van der Waals surface area contributed by atoms with E-state index in [0.717, 1.165) is 5.56 Å². The molecule has 1 aromatic rings. The Hall–Kier alpha value is -1.91. The van der Waals surface area contributed by atoms with Gasteiger partial charge in [0.25, 0.3) is 5.91 Å². The van der Waals surface area contributed by atoms with Crippen LogP contribution in [0.4, 0.5) is 4.39 Å². The largest absolute Gasteiger partial charge is 0.481 e. The average molecular weight is 265 g/mol. The summed E-state index contributed by atoms with van der Waals surface area (Å²) in [5, 5.41) is 8.99. The van der Waals surface area contributed by atoms with Crippen molar-refractivity contribution in [2.75, 3.05) is 13.1 Å². The number of rotatable bonds is 2. The molecule has 1 amide bonds. The molecular weight excluding hydrogens is 249 g/mol. The second kappa shape index (κ2) is 5.38. The molecule has 0 aliphatic carbocycles. The molecule has 0 radical (unpaired) electrons. The van der Waals surface area contributed by atoms with E-state index in [1.807, 2.05) is 0 Å². The molecule has 5 heteroatoms. The third-order valence-corrected chi connectivity index (χ3v) is 3.41. The van der Waals surface area contributed by atoms with Gasteiger partial charge < -0.3 is 10.0 Å². The van der Waals surface area contributed by atoms with E-state index in [2.05, 4.69) is 0 Å². The summed E-state index contributed by atoms with van der Waals surface area (Å²) in [7, 11) is 0. The van der Waals surface area contributed by atoms with Gasteiger partial charge in [-0.15, -0.1) is 0 Å². The first-order chi connectivity index (χ1) is 8.99. The van der Waals surface area contributed by atoms with Crippen molar-refractivity contribution < 1.29 is 19.1 Å². The van der Waals surface area contributed by atoms with Gasteiger partial charge in [-0.25, -0.2) is 4.39 Å². The molecule has 1 aromatic carbocycles. The Kier molecular flexibility index (Phi) is 3.83. The zero-order chi connectivity index (χ0) is 14.0. The fourth-order valence-corrected chi connectivity index (χ4v) is 2.33. The lowest BCUT2D eigenvalue weighted by Gasteiger charge is -2.30. The number of hydrogen-bond donors (Lipinski definition) is 1. The van der Waals surface area contributed by atoms with Crippen molar-refractivity contribution in [2.24, 2.45) is 5.92 Å². The van der Waals surface area contributed by atoms with Gasteiger partial charge in [0.2, 0.25) is 0 Å². The highest BCUT2D eigenvalue weighted by Crippen LogP contribution is 2.20. The maximum Gasteiger partial charge on any atom is 0.308 e. The van der Waals surface area contributed by atoms with Crippen molar-refractivity contribution in [2.45, 2.75) is 19.8 Å². The number of piperidine rings is 1. The molecule has 1 fully saturated rings. The molecule has 0 aromatic heterocycles. The van der Waals surface area contributed by atoms with Gasteiger partial charge >= 0.3 is 5.97 Å². The van der Waals surface area contributed by atoms with Crippen LogP contribution < -0.4 is 0 Å². The molecule has 1 unspecified atom stereocenters. The Bertz CT molecular complexity index is 515. The van der Waals surface area contributed by atoms with Crippen molar-refractivity contribution in [1.29, 1.82) is 0 Å². The minimum absolute atomic E-state index is 0.0108. The van der Waals surface area contributed by atoms with E-state index < -0.39 is 23.6 Å². The molecule has 4 nitrogen and oxygen atoms in total. The quantitative estimate of drug-likeness (QED) is 0.890. The summed E-state index contributed by atoms with van der Waals surface area (Å²) in [6, 6.07) is 4.44. The van der Waals surface area contributed by atoms with Crippen molar-refractivity contribution >= 4 is 11.9 Å². The van der Waals surface area contributed by atoms with Crippen LogP contribution in [0.3, 0.4) is 0 Å². The molecule has 1 atom stereocenters. The van der Waals surface area contributed by atoms with Gasteiger partial charge in [-0.3, -0.25) is 9.59 Å². The van der Waals surface area contributed by atoms with E-state index in [1.54, 1.807) is 13.0 Å². The number of carbonyl (C=O) groups excluding carboxylic acids is 1. The molecule has 102 valence electrons. The molecule has 19 heavy (non-hydrogen) atoms. The number of aliphatic carboxylic acids is 1. The number of carbonyl (C=O) groups is 2. The number of hydrogen-bond acceptors (Lipinski definition) is 2. The molecule has 1 aliphatic heterocycles. The molecule has 1 aliphatic rings. The van der Waals surface area contributed by atoms with Crippen LogP contribution in [-0.2, 0) is 4.79 Å². The summed E-state index contributed by atoms with van der Waals surface area (Å²) in [5.41, 5.74) is 0.757. The number of carboxylic acids is 1. The summed E-state index contributed by atoms with van der Waals surface area (Å²) < 4.78 is 13.7. The minimum Gasteiger partial charge on any atom is -0.481 e. The Morgan fingerprint density at radius 2 is 2.16 bits per heavy atom. The number of nitrogens with zero attached hydrogens (tertiary/aromatic N) is 1. The van der Waals surface area contributed by atoms with Crippen LogP contribution >= 0.6 is 0 Å². The number of amides is 1. The van der Waals surface area contributed by atoms with Crippen molar-refractivity contribution in [3.8, 4) is 0 Å². The van der Waals surface area contributed by atoms with E-state index in [1.165, 1.54) is 17.0 Å². The predicted octanol–water partition coefficient (Wildman–Crippen LogP) is 2.07. The predicted molar refractivity (Wildman–Crippen MR) is 67.4 cm³/mol. The highest BCUT2D eigenvalue weighted by atomic mass is 19.1. The first kappa shape index (κ1) is 13.5. The molecular formula is C14H16FNO3. The average Bonchev–Trinajstić information content (AvgIpc) is 2.38. The number of halogens is 1. The molecule has 1 saturated heterocycles. The lowest BCUT2D eigenvalue weighted by Crippen LogP contribution is -2.42. The molecule has 0 saturated carbocycles. The monoisotopic (exact) mass is 265 g/mol. The summed E-state index contributed by atoms with van der Waals surface area (Å²) in [5.74, 6) is -2.43. The molecule has 1 N–H and O–H groups in total. The van der Waals surface area contributed by atoms with Gasteiger partial charge in [0.1, 0.15) is 5.82 Å². The van der Waals surface area contributed by atoms with Crippen LogP contribution in [0.25, 0.3) is 0 Å². The Labute approximate surface area is 110 Å². The fourth-order valence-electron chi connectivity index (χ4n) is 2.33. The maximum atomic E-state index is 13.7. The highest BCUT2D eigenvalue weighted by Gasteiger charge is 2.29. The van der Waals surface area contributed by atoms with Crippen molar-refractivity contribution in [3.05, 3.63) is 35.1 Å². The standard InChI is InChI=1S/C14H16FNO3/c1-9-4-5-11(12(15)7-9)13(17)16-6-2-3-10(8-16)14(18)19/h4-5,7,10H,2-3,6,8H2,1H3,(H,18,19). The lowest BCUT2D eigenvalue weighted by molar-refractivity contribution is -0.143. The van der Waals surface area contributed by atoms with Crippen LogP contribution in [0.2, 0.25) is 0 Å². The van der Waals surface area contributed by atoms with Gasteiger partial charge in [-0.2, -0.15) is 0 Å². The van der Waals surface area contributed by atoms with Gasteiger partial charge in [0.05, 0.1) is 11.5 Å². The van der Waals surface area contributed by atoms with Gasteiger partial charge in [-0.1, -0.05) is 6.07 Å². The van der Waals surface area contributed by atoms with Gasteiger partial charge in [0.15, 0.2) is 0 Å². The summed E-state index contributed by atoms with van der Waals surface area (Å²) >= 11 is 0. The van der Waals surface area contributed by atoms with Crippen LogP contribution in [0.1, 0.15) is 28.8 Å². The van der Waals surface area contributed by atoms with E-state index in [0.29, 0.717) is 19.4 Å².